The van der Waals surface area contributed by atoms with Crippen LogP contribution in [0.2, 0.25) is 0 Å². The molecule has 1 aliphatic rings. The molecule has 3 heterocycles. The average molecular weight is 283 g/mol. The molecule has 1 aliphatic carbocycles. The third kappa shape index (κ3) is 2.06. The quantitative estimate of drug-likeness (QED) is 0.775. The van der Waals surface area contributed by atoms with Gasteiger partial charge in [-0.05, 0) is 31.4 Å². The molecule has 0 unspecified atom stereocenters. The molecule has 1 amide bonds. The zero-order chi connectivity index (χ0) is 14.2. The van der Waals surface area contributed by atoms with Crippen molar-refractivity contribution in [2.24, 2.45) is 0 Å². The van der Waals surface area contributed by atoms with Crippen LogP contribution in [0.25, 0.3) is 5.65 Å². The highest BCUT2D eigenvalue weighted by Crippen LogP contribution is 2.27. The van der Waals surface area contributed by atoms with Gasteiger partial charge in [-0.2, -0.15) is 0 Å². The van der Waals surface area contributed by atoms with E-state index in [0.29, 0.717) is 17.0 Å². The molecule has 0 saturated carbocycles. The second-order valence-electron chi connectivity index (χ2n) is 5.11. The van der Waals surface area contributed by atoms with Crippen molar-refractivity contribution in [1.82, 2.24) is 19.8 Å². The topological polar surface area (TPSA) is 85.3 Å². The molecule has 7 nitrogen and oxygen atoms in total. The molecule has 0 radical (unpaired) electrons. The Bertz CT molecular complexity index is 820. The van der Waals surface area contributed by atoms with E-state index in [0.717, 1.165) is 37.0 Å². The summed E-state index contributed by atoms with van der Waals surface area (Å²) >= 11 is 0. The van der Waals surface area contributed by atoms with Gasteiger partial charge in [0, 0.05) is 23.7 Å². The van der Waals surface area contributed by atoms with E-state index in [1.165, 1.54) is 0 Å². The van der Waals surface area contributed by atoms with Gasteiger partial charge in [0.05, 0.1) is 0 Å². The normalized spacial score (nSPS) is 14.1. The first-order chi connectivity index (χ1) is 10.3. The number of aromatic nitrogens is 4. The Morgan fingerprint density at radius 2 is 2.24 bits per heavy atom. The summed E-state index contributed by atoms with van der Waals surface area (Å²) in [5, 5.41) is 14.5. The molecule has 4 rings (SSSR count). The summed E-state index contributed by atoms with van der Waals surface area (Å²) < 4.78 is 7.04. The van der Waals surface area contributed by atoms with Crippen molar-refractivity contribution < 1.29 is 9.32 Å². The second kappa shape index (κ2) is 4.69. The summed E-state index contributed by atoms with van der Waals surface area (Å²) in [7, 11) is 0. The molecule has 106 valence electrons. The highest BCUT2D eigenvalue weighted by molar-refractivity contribution is 6.04. The Balaban J connectivity index is 1.61. The number of amides is 1. The average Bonchev–Trinajstić information content (AvgIpc) is 3.13. The van der Waals surface area contributed by atoms with Gasteiger partial charge in [-0.3, -0.25) is 9.20 Å². The van der Waals surface area contributed by atoms with E-state index < -0.39 is 0 Å². The molecule has 3 aromatic heterocycles. The van der Waals surface area contributed by atoms with Gasteiger partial charge in [0.2, 0.25) is 0 Å². The molecule has 0 spiro atoms. The minimum Gasteiger partial charge on any atom is -0.359 e. The monoisotopic (exact) mass is 283 g/mol. The van der Waals surface area contributed by atoms with E-state index in [9.17, 15) is 4.79 Å². The van der Waals surface area contributed by atoms with Crippen molar-refractivity contribution in [3.63, 3.8) is 0 Å². The first-order valence-electron chi connectivity index (χ1n) is 6.89. The van der Waals surface area contributed by atoms with Crippen molar-refractivity contribution in [3.05, 3.63) is 41.5 Å². The third-order valence-corrected chi connectivity index (χ3v) is 3.74. The molecule has 0 atom stereocenters. The zero-order valence-electron chi connectivity index (χ0n) is 11.2. The Morgan fingerprint density at radius 3 is 3.19 bits per heavy atom. The predicted octanol–water partition coefficient (Wildman–Crippen LogP) is 1.85. The van der Waals surface area contributed by atoms with E-state index in [-0.39, 0.29) is 5.91 Å². The number of hydrogen-bond acceptors (Lipinski definition) is 5. The van der Waals surface area contributed by atoms with Gasteiger partial charge in [0.15, 0.2) is 11.5 Å². The van der Waals surface area contributed by atoms with Crippen LogP contribution >= 0.6 is 0 Å². The van der Waals surface area contributed by atoms with Gasteiger partial charge in [0.25, 0.3) is 5.91 Å². The first-order valence-corrected chi connectivity index (χ1v) is 6.89. The molecule has 3 aromatic rings. The van der Waals surface area contributed by atoms with Crippen LogP contribution in [0.15, 0.2) is 29.2 Å². The van der Waals surface area contributed by atoms with Crippen molar-refractivity contribution in [1.29, 1.82) is 0 Å². The molecule has 7 heteroatoms. The van der Waals surface area contributed by atoms with Crippen LogP contribution in [0.3, 0.4) is 0 Å². The summed E-state index contributed by atoms with van der Waals surface area (Å²) in [6.07, 6.45) is 7.34. The number of carbonyl (C=O) groups excluding carboxylic acids is 1. The van der Waals surface area contributed by atoms with Crippen LogP contribution in [-0.2, 0) is 12.8 Å². The van der Waals surface area contributed by atoms with Crippen LogP contribution in [-0.4, -0.2) is 25.7 Å². The van der Waals surface area contributed by atoms with Crippen molar-refractivity contribution in [3.8, 4) is 0 Å². The summed E-state index contributed by atoms with van der Waals surface area (Å²) in [5.41, 5.74) is 2.17. The van der Waals surface area contributed by atoms with E-state index in [1.807, 2.05) is 0 Å². The summed E-state index contributed by atoms with van der Waals surface area (Å²) in [6.45, 7) is 0. The number of carbonyl (C=O) groups is 1. The highest BCUT2D eigenvalue weighted by atomic mass is 16.5. The van der Waals surface area contributed by atoms with Gasteiger partial charge in [-0.15, -0.1) is 10.2 Å². The molecule has 0 bridgehead atoms. The lowest BCUT2D eigenvalue weighted by Crippen LogP contribution is -2.14. The van der Waals surface area contributed by atoms with Crippen LogP contribution in [0.1, 0.15) is 34.5 Å². The van der Waals surface area contributed by atoms with Crippen molar-refractivity contribution >= 4 is 17.4 Å². The number of fused-ring (bicyclic) bond motifs is 2. The molecular weight excluding hydrogens is 270 g/mol. The molecule has 21 heavy (non-hydrogen) atoms. The summed E-state index contributed by atoms with van der Waals surface area (Å²) in [5.74, 6) is 1.21. The highest BCUT2D eigenvalue weighted by Gasteiger charge is 2.21. The van der Waals surface area contributed by atoms with Gasteiger partial charge in [-0.1, -0.05) is 5.16 Å². The van der Waals surface area contributed by atoms with Crippen LogP contribution < -0.4 is 5.32 Å². The number of aryl methyl sites for hydroxylation is 1. The molecule has 1 N–H and O–H groups in total. The molecular formula is C14H13N5O2. The van der Waals surface area contributed by atoms with Crippen LogP contribution in [0, 0.1) is 0 Å². The van der Waals surface area contributed by atoms with E-state index in [2.05, 4.69) is 20.7 Å². The fraction of sp³-hybridized carbons (Fsp3) is 0.286. The standard InChI is InChI=1S/C14H13N5O2/c20-14(9-5-6-19-8-15-17-12(19)7-9)16-13-10-3-1-2-4-11(10)21-18-13/h5-8H,1-4H2,(H,16,18,20). The molecule has 0 saturated heterocycles. The van der Waals surface area contributed by atoms with Gasteiger partial charge in [0.1, 0.15) is 12.1 Å². The smallest absolute Gasteiger partial charge is 0.257 e. The number of hydrogen-bond donors (Lipinski definition) is 1. The first kappa shape index (κ1) is 12.1. The maximum absolute atomic E-state index is 12.3. The SMILES string of the molecule is O=C(Nc1noc2c1CCCC2)c1ccn2cnnc2c1. The largest absolute Gasteiger partial charge is 0.359 e. The van der Waals surface area contributed by atoms with Crippen molar-refractivity contribution in [2.45, 2.75) is 25.7 Å². The second-order valence-corrected chi connectivity index (χ2v) is 5.11. The van der Waals surface area contributed by atoms with Crippen LogP contribution in [0.4, 0.5) is 5.82 Å². The predicted molar refractivity (Wildman–Crippen MR) is 74.1 cm³/mol. The van der Waals surface area contributed by atoms with Crippen molar-refractivity contribution in [2.75, 3.05) is 5.32 Å². The van der Waals surface area contributed by atoms with E-state index >= 15 is 0 Å². The number of rotatable bonds is 2. The van der Waals surface area contributed by atoms with E-state index in [4.69, 9.17) is 4.52 Å². The molecule has 0 aliphatic heterocycles. The van der Waals surface area contributed by atoms with Gasteiger partial charge >= 0.3 is 0 Å². The summed E-state index contributed by atoms with van der Waals surface area (Å²) in [4.78, 5) is 12.3. The number of nitrogens with one attached hydrogen (secondary N) is 1. The Hall–Kier alpha value is -2.70. The Labute approximate surface area is 120 Å². The fourth-order valence-electron chi connectivity index (χ4n) is 2.62. The van der Waals surface area contributed by atoms with E-state index in [1.54, 1.807) is 29.1 Å². The lowest BCUT2D eigenvalue weighted by atomic mass is 9.98. The Kier molecular flexibility index (Phi) is 2.70. The maximum atomic E-state index is 12.3. The summed E-state index contributed by atoms with van der Waals surface area (Å²) in [6, 6.07) is 3.41. The number of nitrogens with zero attached hydrogens (tertiary/aromatic N) is 4. The minimum absolute atomic E-state index is 0.220. The maximum Gasteiger partial charge on any atom is 0.257 e. The third-order valence-electron chi connectivity index (χ3n) is 3.74. The number of pyridine rings is 1. The Morgan fingerprint density at radius 1 is 1.33 bits per heavy atom. The lowest BCUT2D eigenvalue weighted by Gasteiger charge is -2.09. The lowest BCUT2D eigenvalue weighted by molar-refractivity contribution is 0.102. The van der Waals surface area contributed by atoms with Crippen LogP contribution in [0.5, 0.6) is 0 Å². The molecule has 0 fully saturated rings. The minimum atomic E-state index is -0.220. The molecule has 0 aromatic carbocycles. The van der Waals surface area contributed by atoms with Gasteiger partial charge < -0.3 is 9.84 Å². The zero-order valence-corrected chi connectivity index (χ0v) is 11.2. The number of anilines is 1. The van der Waals surface area contributed by atoms with Gasteiger partial charge in [-0.25, -0.2) is 0 Å². The fourth-order valence-corrected chi connectivity index (χ4v) is 2.62.